The molecule has 1 amide bonds. The number of guanidine groups is 1. The molecule has 0 spiro atoms. The van der Waals surface area contributed by atoms with Crippen molar-refractivity contribution in [3.05, 3.63) is 35.8 Å². The first-order chi connectivity index (χ1) is 12.5. The molecule has 0 fully saturated rings. The van der Waals surface area contributed by atoms with Gasteiger partial charge in [0.05, 0.1) is 30.0 Å². The number of fused-ring (bicyclic) bond motifs is 1. The zero-order chi connectivity index (χ0) is 18.7. The van der Waals surface area contributed by atoms with Crippen molar-refractivity contribution in [1.29, 1.82) is 0 Å². The Kier molecular flexibility index (Phi) is 5.37. The number of methoxy groups -OCH3 is 1. The lowest BCUT2D eigenvalue weighted by atomic mass is 10.0. The minimum Gasteiger partial charge on any atom is -0.383 e. The maximum atomic E-state index is 12.2. The molecule has 0 radical (unpaired) electrons. The molecule has 26 heavy (non-hydrogen) atoms. The van der Waals surface area contributed by atoms with Gasteiger partial charge in [0.2, 0.25) is 5.96 Å². The Morgan fingerprint density at radius 3 is 2.92 bits per heavy atom. The van der Waals surface area contributed by atoms with Crippen molar-refractivity contribution in [2.75, 3.05) is 13.7 Å². The van der Waals surface area contributed by atoms with E-state index >= 15 is 0 Å². The average Bonchev–Trinajstić information content (AvgIpc) is 3.10. The molecule has 1 aromatic heterocycles. The number of carbonyl (C=O) groups is 1. The van der Waals surface area contributed by atoms with Crippen LogP contribution in [-0.4, -0.2) is 41.2 Å². The number of aromatic nitrogens is 2. The van der Waals surface area contributed by atoms with Crippen molar-refractivity contribution in [3.8, 4) is 0 Å². The highest BCUT2D eigenvalue weighted by Gasteiger charge is 2.22. The van der Waals surface area contributed by atoms with Gasteiger partial charge in [-0.2, -0.15) is 0 Å². The zero-order valence-electron chi connectivity index (χ0n) is 15.6. The quantitative estimate of drug-likeness (QED) is 0.777. The summed E-state index contributed by atoms with van der Waals surface area (Å²) in [6.45, 7) is 4.86. The van der Waals surface area contributed by atoms with Crippen LogP contribution in [0.25, 0.3) is 17.1 Å². The average molecular weight is 355 g/mol. The normalized spacial score (nSPS) is 17.0. The number of benzene rings is 1. The second-order valence-corrected chi connectivity index (χ2v) is 6.97. The van der Waals surface area contributed by atoms with Gasteiger partial charge in [-0.05, 0) is 36.1 Å². The van der Waals surface area contributed by atoms with E-state index in [1.165, 1.54) is 0 Å². The zero-order valence-corrected chi connectivity index (χ0v) is 15.6. The first-order valence-corrected chi connectivity index (χ1v) is 8.74. The fourth-order valence-electron chi connectivity index (χ4n) is 3.06. The second-order valence-electron chi connectivity index (χ2n) is 6.97. The minimum absolute atomic E-state index is 0.101. The first-order valence-electron chi connectivity index (χ1n) is 8.74. The lowest BCUT2D eigenvalue weighted by Crippen LogP contribution is -2.45. The smallest absolute Gasteiger partial charge is 0.276 e. The number of ether oxygens (including phenoxy) is 1. The molecule has 0 aliphatic carbocycles. The molecule has 1 atom stereocenters. The van der Waals surface area contributed by atoms with Gasteiger partial charge < -0.3 is 14.6 Å². The molecule has 2 N–H and O–H groups in total. The van der Waals surface area contributed by atoms with Gasteiger partial charge in [-0.15, -0.1) is 0 Å². The van der Waals surface area contributed by atoms with E-state index in [-0.39, 0.29) is 11.9 Å². The third-order valence-electron chi connectivity index (χ3n) is 4.21. The van der Waals surface area contributed by atoms with Gasteiger partial charge in [0, 0.05) is 14.2 Å². The molecule has 0 bridgehead atoms. The molecular weight excluding hydrogens is 330 g/mol. The molecule has 7 nitrogen and oxygen atoms in total. The summed E-state index contributed by atoms with van der Waals surface area (Å²) >= 11 is 0. The van der Waals surface area contributed by atoms with Gasteiger partial charge in [-0.1, -0.05) is 19.9 Å². The number of hydrogen-bond donors (Lipinski definition) is 2. The predicted molar refractivity (Wildman–Crippen MR) is 103 cm³/mol. The summed E-state index contributed by atoms with van der Waals surface area (Å²) in [6, 6.07) is 5.97. The van der Waals surface area contributed by atoms with Crippen LogP contribution in [0.1, 0.15) is 25.8 Å². The van der Waals surface area contributed by atoms with Crippen LogP contribution in [0.5, 0.6) is 0 Å². The molecule has 7 heteroatoms. The molecule has 0 saturated heterocycles. The lowest BCUT2D eigenvalue weighted by molar-refractivity contribution is -0.115. The topological polar surface area (TPSA) is 80.5 Å². The molecule has 2 aromatic rings. The molecule has 1 unspecified atom stereocenters. The van der Waals surface area contributed by atoms with Crippen LogP contribution in [0.2, 0.25) is 0 Å². The van der Waals surface area contributed by atoms with Crippen LogP contribution in [-0.2, 0) is 16.6 Å². The molecule has 138 valence electrons. The molecule has 0 saturated carbocycles. The third-order valence-corrected chi connectivity index (χ3v) is 4.21. The van der Waals surface area contributed by atoms with Gasteiger partial charge in [0.25, 0.3) is 5.91 Å². The van der Waals surface area contributed by atoms with Crippen molar-refractivity contribution in [2.45, 2.75) is 26.3 Å². The van der Waals surface area contributed by atoms with Crippen molar-refractivity contribution in [2.24, 2.45) is 18.0 Å². The number of aliphatic imine (C=N–C) groups is 1. The van der Waals surface area contributed by atoms with E-state index in [4.69, 9.17) is 4.74 Å². The van der Waals surface area contributed by atoms with Crippen molar-refractivity contribution in [1.82, 2.24) is 20.2 Å². The number of hydrogen-bond acceptors (Lipinski definition) is 5. The van der Waals surface area contributed by atoms with E-state index in [1.807, 2.05) is 29.8 Å². The summed E-state index contributed by atoms with van der Waals surface area (Å²) in [4.78, 5) is 21.0. The van der Waals surface area contributed by atoms with Crippen LogP contribution < -0.4 is 10.6 Å². The SMILES string of the molecule is COCC(CC(C)C)NC1=N/C(=C\c2ccc3ncn(C)c3c2)C(=O)N1. The van der Waals surface area contributed by atoms with E-state index in [0.717, 1.165) is 23.0 Å². The van der Waals surface area contributed by atoms with Gasteiger partial charge >= 0.3 is 0 Å². The molecule has 3 rings (SSSR count). The summed E-state index contributed by atoms with van der Waals surface area (Å²) in [7, 11) is 3.61. The van der Waals surface area contributed by atoms with E-state index in [2.05, 4.69) is 34.5 Å². The van der Waals surface area contributed by atoms with Gasteiger partial charge in [0.1, 0.15) is 5.70 Å². The fraction of sp³-hybridized carbons (Fsp3) is 0.421. The molecular formula is C19H25N5O2. The van der Waals surface area contributed by atoms with E-state index < -0.39 is 0 Å². The maximum Gasteiger partial charge on any atom is 0.276 e. The Bertz CT molecular complexity index is 866. The van der Waals surface area contributed by atoms with Crippen molar-refractivity contribution in [3.63, 3.8) is 0 Å². The molecule has 1 aliphatic heterocycles. The van der Waals surface area contributed by atoms with Gasteiger partial charge in [-0.3, -0.25) is 10.1 Å². The van der Waals surface area contributed by atoms with Crippen LogP contribution in [0.4, 0.5) is 0 Å². The summed E-state index contributed by atoms with van der Waals surface area (Å²) < 4.78 is 7.20. The summed E-state index contributed by atoms with van der Waals surface area (Å²) in [5.74, 6) is 0.782. The highest BCUT2D eigenvalue weighted by atomic mass is 16.5. The minimum atomic E-state index is -0.210. The van der Waals surface area contributed by atoms with Crippen LogP contribution in [0.15, 0.2) is 35.2 Å². The number of rotatable bonds is 6. The van der Waals surface area contributed by atoms with Crippen LogP contribution >= 0.6 is 0 Å². The monoisotopic (exact) mass is 355 g/mol. The molecule has 1 aliphatic rings. The Morgan fingerprint density at radius 2 is 2.19 bits per heavy atom. The second kappa shape index (κ2) is 7.70. The fourth-order valence-corrected chi connectivity index (χ4v) is 3.06. The van der Waals surface area contributed by atoms with Crippen molar-refractivity contribution < 1.29 is 9.53 Å². The van der Waals surface area contributed by atoms with Gasteiger partial charge in [-0.25, -0.2) is 9.98 Å². The first kappa shape index (κ1) is 18.1. The Labute approximate surface area is 153 Å². The number of nitrogens with zero attached hydrogens (tertiary/aromatic N) is 3. The Morgan fingerprint density at radius 1 is 1.38 bits per heavy atom. The lowest BCUT2D eigenvalue weighted by Gasteiger charge is -2.20. The summed E-state index contributed by atoms with van der Waals surface area (Å²) in [5, 5.41) is 6.06. The molecule has 1 aromatic carbocycles. The van der Waals surface area contributed by atoms with E-state index in [0.29, 0.717) is 24.2 Å². The Balaban J connectivity index is 1.79. The molecule has 2 heterocycles. The highest BCUT2D eigenvalue weighted by Crippen LogP contribution is 2.18. The Hall–Kier alpha value is -2.67. The van der Waals surface area contributed by atoms with Crippen LogP contribution in [0, 0.1) is 5.92 Å². The summed E-state index contributed by atoms with van der Waals surface area (Å²) in [6.07, 6.45) is 4.48. The van der Waals surface area contributed by atoms with E-state index in [1.54, 1.807) is 19.5 Å². The third kappa shape index (κ3) is 4.11. The number of imidazole rings is 1. The standard InChI is InChI=1S/C19H25N5O2/c1-12(2)7-14(10-26-4)21-19-22-16(18(25)23-19)8-13-5-6-15-17(9-13)24(3)11-20-15/h5-6,8-9,11-12,14H,7,10H2,1-4H3,(H2,21,22,23,25)/b16-8-. The maximum absolute atomic E-state index is 12.2. The summed E-state index contributed by atoms with van der Waals surface area (Å²) in [5.41, 5.74) is 3.23. The highest BCUT2D eigenvalue weighted by molar-refractivity contribution is 6.13. The number of aryl methyl sites for hydroxylation is 1. The number of nitrogens with one attached hydrogen (secondary N) is 2. The van der Waals surface area contributed by atoms with Gasteiger partial charge in [0.15, 0.2) is 0 Å². The number of carbonyl (C=O) groups excluding carboxylic acids is 1. The number of amides is 1. The largest absolute Gasteiger partial charge is 0.383 e. The van der Waals surface area contributed by atoms with E-state index in [9.17, 15) is 4.79 Å². The predicted octanol–water partition coefficient (Wildman–Crippen LogP) is 2.05. The van der Waals surface area contributed by atoms with Crippen molar-refractivity contribution >= 4 is 29.0 Å². The van der Waals surface area contributed by atoms with Crippen LogP contribution in [0.3, 0.4) is 0 Å².